The Morgan fingerprint density at radius 1 is 1.44 bits per heavy atom. The van der Waals surface area contributed by atoms with E-state index in [1.807, 2.05) is 0 Å². The van der Waals surface area contributed by atoms with Gasteiger partial charge in [-0.2, -0.15) is 0 Å². The van der Waals surface area contributed by atoms with Crippen LogP contribution in [0.25, 0.3) is 0 Å². The zero-order valence-electron chi connectivity index (χ0n) is 11.0. The number of hydrogen-bond donors (Lipinski definition) is 1. The second kappa shape index (κ2) is 5.97. The molecule has 6 heteroatoms. The number of nitrogens with zero attached hydrogens (tertiary/aromatic N) is 2. The summed E-state index contributed by atoms with van der Waals surface area (Å²) in [4.78, 5) is 7.68. The molecule has 1 N–H and O–H groups in total. The van der Waals surface area contributed by atoms with E-state index in [1.54, 1.807) is 7.11 Å². The summed E-state index contributed by atoms with van der Waals surface area (Å²) in [6.07, 6.45) is 0.419. The van der Waals surface area contributed by atoms with Crippen LogP contribution in [0.4, 0.5) is 5.13 Å². The van der Waals surface area contributed by atoms with Gasteiger partial charge in [0, 0.05) is 20.2 Å². The average Bonchev–Trinajstić information content (AvgIpc) is 2.71. The third-order valence-corrected chi connectivity index (χ3v) is 4.02. The van der Waals surface area contributed by atoms with E-state index in [0.717, 1.165) is 28.8 Å². The van der Waals surface area contributed by atoms with Gasteiger partial charge in [0.1, 0.15) is 0 Å². The molecule has 0 amide bonds. The van der Waals surface area contributed by atoms with Crippen molar-refractivity contribution < 1.29 is 14.6 Å². The van der Waals surface area contributed by atoms with E-state index in [2.05, 4.69) is 23.7 Å². The fraction of sp³-hybridized carbons (Fsp3) is 0.750. The first-order valence-corrected chi connectivity index (χ1v) is 6.94. The lowest BCUT2D eigenvalue weighted by Gasteiger charge is -2.35. The average molecular weight is 272 g/mol. The third kappa shape index (κ3) is 3.00. The highest BCUT2D eigenvalue weighted by Gasteiger charge is 2.25. The van der Waals surface area contributed by atoms with Crippen LogP contribution in [0.15, 0.2) is 0 Å². The molecule has 2 rings (SSSR count). The molecule has 0 aromatic carbocycles. The van der Waals surface area contributed by atoms with E-state index in [4.69, 9.17) is 9.47 Å². The summed E-state index contributed by atoms with van der Waals surface area (Å²) in [6.45, 7) is 6.29. The normalized spacial score (nSPS) is 24.6. The second-order valence-electron chi connectivity index (χ2n) is 4.62. The molecule has 5 nitrogen and oxygen atoms in total. The molecular weight excluding hydrogens is 252 g/mol. The number of aromatic nitrogens is 1. The molecule has 18 heavy (non-hydrogen) atoms. The summed E-state index contributed by atoms with van der Waals surface area (Å²) < 4.78 is 10.8. The second-order valence-corrected chi connectivity index (χ2v) is 5.68. The summed E-state index contributed by atoms with van der Waals surface area (Å²) in [5, 5.41) is 10.3. The van der Waals surface area contributed by atoms with Gasteiger partial charge in [0.05, 0.1) is 36.0 Å². The minimum absolute atomic E-state index is 0.0196. The van der Waals surface area contributed by atoms with E-state index in [1.165, 1.54) is 11.3 Å². The molecule has 0 aliphatic carbocycles. The van der Waals surface area contributed by atoms with Gasteiger partial charge in [-0.3, -0.25) is 0 Å². The van der Waals surface area contributed by atoms with Crippen LogP contribution in [0.1, 0.15) is 24.4 Å². The van der Waals surface area contributed by atoms with E-state index in [-0.39, 0.29) is 18.8 Å². The van der Waals surface area contributed by atoms with Gasteiger partial charge in [-0.05, 0) is 13.8 Å². The van der Waals surface area contributed by atoms with Crippen LogP contribution in [0, 0.1) is 0 Å². The van der Waals surface area contributed by atoms with Crippen molar-refractivity contribution in [3.8, 4) is 0 Å². The topological polar surface area (TPSA) is 54.8 Å². The highest BCUT2D eigenvalue weighted by Crippen LogP contribution is 2.29. The Balaban J connectivity index is 2.17. The molecular formula is C12H20N2O3S. The summed E-state index contributed by atoms with van der Waals surface area (Å²) >= 11 is 1.54. The van der Waals surface area contributed by atoms with Crippen molar-refractivity contribution in [3.63, 3.8) is 0 Å². The number of aliphatic hydroxyl groups excluding tert-OH is 1. The standard InChI is InChI=1S/C12H20N2O3S/c1-8-4-14(5-9(2)17-8)12-13-10(7-16-3)11(6-15)18-12/h8-9,15H,4-7H2,1-3H3/t8-,9+. The number of aliphatic hydroxyl groups is 1. The lowest BCUT2D eigenvalue weighted by atomic mass is 10.2. The summed E-state index contributed by atoms with van der Waals surface area (Å²) in [5.74, 6) is 0. The number of methoxy groups -OCH3 is 1. The molecule has 0 saturated carbocycles. The van der Waals surface area contributed by atoms with Gasteiger partial charge in [0.25, 0.3) is 0 Å². The SMILES string of the molecule is COCc1nc(N2C[C@@H](C)O[C@@H](C)C2)sc1CO. The molecule has 2 atom stereocenters. The van der Waals surface area contributed by atoms with E-state index < -0.39 is 0 Å². The summed E-state index contributed by atoms with van der Waals surface area (Å²) in [7, 11) is 1.64. The Labute approximate surface area is 111 Å². The predicted molar refractivity (Wildman–Crippen MR) is 71.0 cm³/mol. The van der Waals surface area contributed by atoms with Crippen molar-refractivity contribution in [2.45, 2.75) is 39.3 Å². The van der Waals surface area contributed by atoms with E-state index in [0.29, 0.717) is 6.61 Å². The molecule has 0 radical (unpaired) electrons. The van der Waals surface area contributed by atoms with Crippen molar-refractivity contribution >= 4 is 16.5 Å². The number of hydrogen-bond acceptors (Lipinski definition) is 6. The smallest absolute Gasteiger partial charge is 0.186 e. The number of anilines is 1. The van der Waals surface area contributed by atoms with Crippen LogP contribution in [-0.4, -0.2) is 42.5 Å². The van der Waals surface area contributed by atoms with Gasteiger partial charge in [-0.25, -0.2) is 4.98 Å². The maximum absolute atomic E-state index is 9.33. The van der Waals surface area contributed by atoms with Crippen LogP contribution in [0.2, 0.25) is 0 Å². The quantitative estimate of drug-likeness (QED) is 0.898. The first-order chi connectivity index (χ1) is 8.63. The minimum atomic E-state index is 0.0196. The first-order valence-electron chi connectivity index (χ1n) is 6.12. The third-order valence-electron chi connectivity index (χ3n) is 2.88. The van der Waals surface area contributed by atoms with E-state index in [9.17, 15) is 5.11 Å². The van der Waals surface area contributed by atoms with Crippen LogP contribution in [-0.2, 0) is 22.7 Å². The molecule has 102 valence electrons. The summed E-state index contributed by atoms with van der Waals surface area (Å²) in [5.41, 5.74) is 0.840. The zero-order valence-corrected chi connectivity index (χ0v) is 11.9. The number of morpholine rings is 1. The van der Waals surface area contributed by atoms with Crippen molar-refractivity contribution in [2.24, 2.45) is 0 Å². The Hall–Kier alpha value is -0.690. The Bertz CT molecular complexity index is 387. The molecule has 1 aromatic heterocycles. The van der Waals surface area contributed by atoms with Crippen LogP contribution >= 0.6 is 11.3 Å². The van der Waals surface area contributed by atoms with Crippen molar-refractivity contribution in [3.05, 3.63) is 10.6 Å². The molecule has 1 aliphatic rings. The summed E-state index contributed by atoms with van der Waals surface area (Å²) in [6, 6.07) is 0. The molecule has 1 saturated heterocycles. The molecule has 0 unspecified atom stereocenters. The molecule has 1 aliphatic heterocycles. The predicted octanol–water partition coefficient (Wildman–Crippen LogP) is 1.40. The van der Waals surface area contributed by atoms with Crippen molar-refractivity contribution in [1.29, 1.82) is 0 Å². The van der Waals surface area contributed by atoms with Crippen LogP contribution < -0.4 is 4.90 Å². The maximum atomic E-state index is 9.33. The monoisotopic (exact) mass is 272 g/mol. The number of rotatable bonds is 4. The molecule has 0 spiro atoms. The lowest BCUT2D eigenvalue weighted by Crippen LogP contribution is -2.45. The number of thiazole rings is 1. The molecule has 1 aromatic rings. The number of ether oxygens (including phenoxy) is 2. The highest BCUT2D eigenvalue weighted by molar-refractivity contribution is 7.15. The van der Waals surface area contributed by atoms with Crippen molar-refractivity contribution in [2.75, 3.05) is 25.1 Å². The highest BCUT2D eigenvalue weighted by atomic mass is 32.1. The Morgan fingerprint density at radius 2 is 2.11 bits per heavy atom. The van der Waals surface area contributed by atoms with Gasteiger partial charge >= 0.3 is 0 Å². The van der Waals surface area contributed by atoms with Crippen LogP contribution in [0.3, 0.4) is 0 Å². The fourth-order valence-electron chi connectivity index (χ4n) is 2.21. The molecule has 2 heterocycles. The Morgan fingerprint density at radius 3 is 2.67 bits per heavy atom. The van der Waals surface area contributed by atoms with Gasteiger partial charge in [0.2, 0.25) is 0 Å². The van der Waals surface area contributed by atoms with Gasteiger partial charge in [-0.1, -0.05) is 11.3 Å². The first kappa shape index (κ1) is 13.7. The molecule has 0 bridgehead atoms. The lowest BCUT2D eigenvalue weighted by molar-refractivity contribution is -0.00524. The Kier molecular flexibility index (Phi) is 4.55. The maximum Gasteiger partial charge on any atom is 0.186 e. The van der Waals surface area contributed by atoms with E-state index >= 15 is 0 Å². The zero-order chi connectivity index (χ0) is 13.1. The fourth-order valence-corrected chi connectivity index (χ4v) is 3.15. The molecule has 1 fully saturated rings. The van der Waals surface area contributed by atoms with Gasteiger partial charge in [-0.15, -0.1) is 0 Å². The van der Waals surface area contributed by atoms with Gasteiger partial charge < -0.3 is 19.5 Å². The van der Waals surface area contributed by atoms with Gasteiger partial charge in [0.15, 0.2) is 5.13 Å². The minimum Gasteiger partial charge on any atom is -0.391 e. The van der Waals surface area contributed by atoms with Crippen LogP contribution in [0.5, 0.6) is 0 Å². The largest absolute Gasteiger partial charge is 0.391 e. The van der Waals surface area contributed by atoms with Crippen molar-refractivity contribution in [1.82, 2.24) is 4.98 Å².